The van der Waals surface area contributed by atoms with Crippen molar-refractivity contribution in [1.29, 1.82) is 0 Å². The number of rotatable bonds is 17. The molecule has 0 spiro atoms. The van der Waals surface area contributed by atoms with Crippen LogP contribution in [-0.4, -0.2) is 48.6 Å². The fourth-order valence-electron chi connectivity index (χ4n) is 3.52. The molecule has 0 bridgehead atoms. The van der Waals surface area contributed by atoms with Crippen molar-refractivity contribution in [3.63, 3.8) is 0 Å². The van der Waals surface area contributed by atoms with Crippen molar-refractivity contribution in [3.05, 3.63) is 29.8 Å². The molecule has 0 heterocycles. The molecule has 0 fully saturated rings. The molecule has 1 aromatic carbocycles. The lowest BCUT2D eigenvalue weighted by molar-refractivity contribution is -0.145. The van der Waals surface area contributed by atoms with Crippen molar-refractivity contribution in [1.82, 2.24) is 5.32 Å². The van der Waals surface area contributed by atoms with Gasteiger partial charge in [-0.05, 0) is 49.3 Å². The molecule has 1 aromatic rings. The summed E-state index contributed by atoms with van der Waals surface area (Å²) in [6.07, 6.45) is 1.64. The minimum absolute atomic E-state index is 0.0258. The number of carbonyl (C=O) groups excluding carboxylic acids is 5. The third-order valence-corrected chi connectivity index (χ3v) is 6.17. The Bertz CT molecular complexity index is 965. The van der Waals surface area contributed by atoms with E-state index in [-0.39, 0.29) is 67.4 Å². The monoisotopic (exact) mass is 546 g/mol. The maximum atomic E-state index is 12.9. The highest BCUT2D eigenvalue weighted by atomic mass is 16.5. The van der Waals surface area contributed by atoms with E-state index in [1.54, 1.807) is 31.2 Å². The van der Waals surface area contributed by atoms with Crippen molar-refractivity contribution in [3.8, 4) is 0 Å². The lowest BCUT2D eigenvalue weighted by Crippen LogP contribution is -2.45. The van der Waals surface area contributed by atoms with Gasteiger partial charge in [-0.2, -0.15) is 0 Å². The lowest BCUT2D eigenvalue weighted by atomic mass is 9.89. The van der Waals surface area contributed by atoms with Crippen LogP contribution in [0.5, 0.6) is 0 Å². The van der Waals surface area contributed by atoms with Gasteiger partial charge in [-0.15, -0.1) is 0 Å². The van der Waals surface area contributed by atoms with E-state index in [4.69, 9.17) is 9.47 Å². The number of hydrogen-bond acceptors (Lipinski definition) is 7. The Morgan fingerprint density at radius 3 is 2.05 bits per heavy atom. The summed E-state index contributed by atoms with van der Waals surface area (Å²) in [5, 5.41) is 5.48. The number of esters is 1. The molecule has 0 unspecified atom stereocenters. The Morgan fingerprint density at radius 2 is 1.49 bits per heavy atom. The maximum Gasteiger partial charge on any atom is 0.306 e. The van der Waals surface area contributed by atoms with E-state index in [0.717, 1.165) is 12.0 Å². The summed E-state index contributed by atoms with van der Waals surface area (Å²) in [7, 11) is 0. The Kier molecular flexibility index (Phi) is 14.6. The van der Waals surface area contributed by atoms with E-state index < -0.39 is 17.9 Å². The highest BCUT2D eigenvalue weighted by Gasteiger charge is 2.27. The minimum atomic E-state index is -0.813. The molecule has 0 radical (unpaired) electrons. The second-order valence-corrected chi connectivity index (χ2v) is 11.5. The summed E-state index contributed by atoms with van der Waals surface area (Å²) in [6, 6.07) is 6.13. The van der Waals surface area contributed by atoms with E-state index in [9.17, 15) is 24.0 Å². The average Bonchev–Trinajstić information content (AvgIpc) is 2.84. The molecule has 2 amide bonds. The molecule has 0 saturated heterocycles. The molecule has 0 aliphatic rings. The van der Waals surface area contributed by atoms with Gasteiger partial charge in [0.15, 0.2) is 0 Å². The number of hydrogen-bond donors (Lipinski definition) is 2. The largest absolute Gasteiger partial charge is 0.461 e. The van der Waals surface area contributed by atoms with Crippen LogP contribution in [0.1, 0.15) is 86.1 Å². The van der Waals surface area contributed by atoms with Gasteiger partial charge in [-0.25, -0.2) is 0 Å². The Hall–Kier alpha value is -3.07. The van der Waals surface area contributed by atoms with Crippen molar-refractivity contribution in [2.45, 2.75) is 93.2 Å². The first-order valence-corrected chi connectivity index (χ1v) is 13.6. The minimum Gasteiger partial charge on any atom is -0.461 e. The van der Waals surface area contributed by atoms with Crippen molar-refractivity contribution >= 4 is 35.0 Å². The number of nitrogens with one attached hydrogen (secondary N) is 2. The van der Waals surface area contributed by atoms with E-state index in [2.05, 4.69) is 31.4 Å². The molecule has 9 nitrogen and oxygen atoms in total. The Morgan fingerprint density at radius 1 is 0.872 bits per heavy atom. The predicted octanol–water partition coefficient (Wildman–Crippen LogP) is 4.62. The molecule has 39 heavy (non-hydrogen) atoms. The van der Waals surface area contributed by atoms with Gasteiger partial charge in [-0.3, -0.25) is 24.0 Å². The molecular formula is C30H46N2O7. The van der Waals surface area contributed by atoms with Crippen LogP contribution in [0.3, 0.4) is 0 Å². The van der Waals surface area contributed by atoms with Gasteiger partial charge < -0.3 is 20.1 Å². The third-order valence-electron chi connectivity index (χ3n) is 6.17. The Balaban J connectivity index is 2.51. The summed E-state index contributed by atoms with van der Waals surface area (Å²) >= 11 is 0. The van der Waals surface area contributed by atoms with Crippen LogP contribution in [0.25, 0.3) is 0 Å². The van der Waals surface area contributed by atoms with Crippen LogP contribution in [0, 0.1) is 17.3 Å². The fourth-order valence-corrected chi connectivity index (χ4v) is 3.52. The standard InChI is InChI=1S/C30H46N2O7/c1-20(2)26(18-25(34)14-17-38-16-13-21(3)33)29(37)31-22(4)28(36)32-24-10-8-23(9-11-24)19-39-27(35)12-15-30(5,6)7/h8-11,20,22,26H,12-19H2,1-7H3,(H,31,37)(H,32,36)/t22-,26-/m0/s1. The Labute approximate surface area is 232 Å². The van der Waals surface area contributed by atoms with Crippen LogP contribution in [0.4, 0.5) is 5.69 Å². The first-order valence-electron chi connectivity index (χ1n) is 13.6. The summed E-state index contributed by atoms with van der Waals surface area (Å²) in [5.41, 5.74) is 1.41. The van der Waals surface area contributed by atoms with Crippen molar-refractivity contribution in [2.75, 3.05) is 18.5 Å². The second-order valence-electron chi connectivity index (χ2n) is 11.5. The van der Waals surface area contributed by atoms with Gasteiger partial charge in [0, 0.05) is 37.3 Å². The van der Waals surface area contributed by atoms with Crippen LogP contribution in [-0.2, 0) is 40.1 Å². The van der Waals surface area contributed by atoms with Gasteiger partial charge in [-0.1, -0.05) is 46.8 Å². The molecule has 218 valence electrons. The third kappa shape index (κ3) is 15.2. The molecule has 2 N–H and O–H groups in total. The number of amides is 2. The first-order chi connectivity index (χ1) is 18.2. The van der Waals surface area contributed by atoms with Gasteiger partial charge in [0.05, 0.1) is 13.2 Å². The zero-order valence-corrected chi connectivity index (χ0v) is 24.6. The number of ether oxygens (including phenoxy) is 2. The molecule has 9 heteroatoms. The number of Topliss-reactive ketones (excluding diaryl/α,β-unsaturated/α-hetero) is 2. The van der Waals surface area contributed by atoms with Crippen molar-refractivity contribution < 1.29 is 33.4 Å². The highest BCUT2D eigenvalue weighted by molar-refractivity contribution is 5.97. The van der Waals surface area contributed by atoms with E-state index in [1.165, 1.54) is 6.92 Å². The van der Waals surface area contributed by atoms with E-state index in [0.29, 0.717) is 18.5 Å². The molecule has 1 rings (SSSR count). The summed E-state index contributed by atoms with van der Waals surface area (Å²) in [5.74, 6) is -1.75. The summed E-state index contributed by atoms with van der Waals surface area (Å²) < 4.78 is 10.6. The molecular weight excluding hydrogens is 500 g/mol. The van der Waals surface area contributed by atoms with Gasteiger partial charge in [0.25, 0.3) is 0 Å². The van der Waals surface area contributed by atoms with Gasteiger partial charge in [0.2, 0.25) is 11.8 Å². The fraction of sp³-hybridized carbons (Fsp3) is 0.633. The predicted molar refractivity (Wildman–Crippen MR) is 150 cm³/mol. The second kappa shape index (κ2) is 16.8. The van der Waals surface area contributed by atoms with Crippen LogP contribution >= 0.6 is 0 Å². The molecule has 0 aliphatic heterocycles. The average molecular weight is 547 g/mol. The number of carbonyl (C=O) groups is 5. The van der Waals surface area contributed by atoms with Crippen LogP contribution in [0.2, 0.25) is 0 Å². The zero-order valence-electron chi connectivity index (χ0n) is 24.6. The summed E-state index contributed by atoms with van der Waals surface area (Å²) in [6.45, 7) is 13.6. The quantitative estimate of drug-likeness (QED) is 0.216. The topological polar surface area (TPSA) is 128 Å². The van der Waals surface area contributed by atoms with Crippen LogP contribution in [0.15, 0.2) is 24.3 Å². The number of anilines is 1. The van der Waals surface area contributed by atoms with Gasteiger partial charge >= 0.3 is 5.97 Å². The maximum absolute atomic E-state index is 12.9. The lowest BCUT2D eigenvalue weighted by Gasteiger charge is -2.22. The molecule has 2 atom stereocenters. The normalized spacial score (nSPS) is 12.9. The molecule has 0 saturated carbocycles. The smallest absolute Gasteiger partial charge is 0.306 e. The highest BCUT2D eigenvalue weighted by Crippen LogP contribution is 2.21. The van der Waals surface area contributed by atoms with E-state index in [1.807, 2.05) is 13.8 Å². The number of ketones is 2. The summed E-state index contributed by atoms with van der Waals surface area (Å²) in [4.78, 5) is 60.8. The SMILES string of the molecule is CC(=O)CCOCCC(=O)C[C@H](C(=O)N[C@@H](C)C(=O)Nc1ccc(COC(=O)CCC(C)(C)C)cc1)C(C)C. The molecule has 0 aliphatic carbocycles. The number of benzene rings is 1. The van der Waals surface area contributed by atoms with Gasteiger partial charge in [0.1, 0.15) is 24.2 Å². The van der Waals surface area contributed by atoms with Crippen LogP contribution < -0.4 is 10.6 Å². The first kappa shape index (κ1) is 34.0. The van der Waals surface area contributed by atoms with E-state index >= 15 is 0 Å². The molecule has 0 aromatic heterocycles. The van der Waals surface area contributed by atoms with Crippen molar-refractivity contribution in [2.24, 2.45) is 17.3 Å². The zero-order chi connectivity index (χ0) is 29.6.